The van der Waals surface area contributed by atoms with Crippen LogP contribution in [0.3, 0.4) is 0 Å². The maximum Gasteiger partial charge on any atom is 0.325 e. The van der Waals surface area contributed by atoms with E-state index in [0.717, 1.165) is 6.42 Å². The molecular formula is C13H18N2O3. The Morgan fingerprint density at radius 2 is 2.11 bits per heavy atom. The van der Waals surface area contributed by atoms with Crippen molar-refractivity contribution in [2.45, 2.75) is 26.3 Å². The minimum Gasteiger partial charge on any atom is -0.480 e. The molecule has 1 rings (SSSR count). The number of hydrogen-bond donors (Lipinski definition) is 3. The highest BCUT2D eigenvalue weighted by molar-refractivity contribution is 5.95. The number of nitrogens with one attached hydrogen (secondary N) is 2. The van der Waals surface area contributed by atoms with Gasteiger partial charge < -0.3 is 15.7 Å². The van der Waals surface area contributed by atoms with E-state index >= 15 is 0 Å². The third-order valence-electron chi connectivity index (χ3n) is 2.41. The van der Waals surface area contributed by atoms with E-state index in [4.69, 9.17) is 5.11 Å². The number of aliphatic carboxylic acids is 1. The van der Waals surface area contributed by atoms with Crippen LogP contribution >= 0.6 is 0 Å². The Hall–Kier alpha value is -2.04. The number of carboxylic acids is 1. The molecule has 1 unspecified atom stereocenters. The average Bonchev–Trinajstić information content (AvgIpc) is 2.36. The van der Waals surface area contributed by atoms with Gasteiger partial charge in [0.05, 0.1) is 0 Å². The smallest absolute Gasteiger partial charge is 0.325 e. The van der Waals surface area contributed by atoms with Crippen molar-refractivity contribution in [3.8, 4) is 0 Å². The molecule has 1 aromatic rings. The first kappa shape index (κ1) is 14.0. The monoisotopic (exact) mass is 250 g/mol. The van der Waals surface area contributed by atoms with Crippen molar-refractivity contribution in [1.82, 2.24) is 5.32 Å². The van der Waals surface area contributed by atoms with E-state index in [9.17, 15) is 9.59 Å². The van der Waals surface area contributed by atoms with Gasteiger partial charge in [-0.3, -0.25) is 9.59 Å². The quantitative estimate of drug-likeness (QED) is 0.718. The normalized spacial score (nSPS) is 11.7. The summed E-state index contributed by atoms with van der Waals surface area (Å²) in [5.41, 5.74) is 1.14. The van der Waals surface area contributed by atoms with Crippen LogP contribution in [0.15, 0.2) is 24.3 Å². The summed E-state index contributed by atoms with van der Waals surface area (Å²) < 4.78 is 0. The van der Waals surface area contributed by atoms with Gasteiger partial charge in [-0.05, 0) is 31.5 Å². The summed E-state index contributed by atoms with van der Waals surface area (Å²) in [5, 5.41) is 14.4. The Morgan fingerprint density at radius 3 is 2.72 bits per heavy atom. The number of carbonyl (C=O) groups is 2. The van der Waals surface area contributed by atoms with Gasteiger partial charge in [-0.1, -0.05) is 13.0 Å². The van der Waals surface area contributed by atoms with Gasteiger partial charge in [0, 0.05) is 17.8 Å². The van der Waals surface area contributed by atoms with Crippen molar-refractivity contribution in [2.75, 3.05) is 11.9 Å². The molecule has 0 radical (unpaired) electrons. The molecule has 5 nitrogen and oxygen atoms in total. The van der Waals surface area contributed by atoms with Crippen LogP contribution in [-0.4, -0.2) is 29.6 Å². The molecule has 0 spiro atoms. The van der Waals surface area contributed by atoms with E-state index in [0.29, 0.717) is 17.8 Å². The lowest BCUT2D eigenvalue weighted by molar-refractivity contribution is -0.137. The van der Waals surface area contributed by atoms with Crippen molar-refractivity contribution in [2.24, 2.45) is 0 Å². The molecule has 3 N–H and O–H groups in total. The van der Waals surface area contributed by atoms with Gasteiger partial charge in [-0.15, -0.1) is 0 Å². The van der Waals surface area contributed by atoms with Gasteiger partial charge in [0.1, 0.15) is 6.04 Å². The summed E-state index contributed by atoms with van der Waals surface area (Å²) in [6.45, 7) is 4.15. The van der Waals surface area contributed by atoms with Gasteiger partial charge in [-0.25, -0.2) is 0 Å². The highest BCUT2D eigenvalue weighted by Crippen LogP contribution is 2.12. The largest absolute Gasteiger partial charge is 0.480 e. The molecule has 0 aliphatic rings. The molecular weight excluding hydrogens is 232 g/mol. The van der Waals surface area contributed by atoms with E-state index in [1.54, 1.807) is 31.2 Å². The van der Waals surface area contributed by atoms with E-state index in [2.05, 4.69) is 10.6 Å². The van der Waals surface area contributed by atoms with Crippen LogP contribution in [0.2, 0.25) is 0 Å². The third-order valence-corrected chi connectivity index (χ3v) is 2.41. The summed E-state index contributed by atoms with van der Waals surface area (Å²) in [5.74, 6) is -1.08. The van der Waals surface area contributed by atoms with Gasteiger partial charge in [-0.2, -0.15) is 0 Å². The van der Waals surface area contributed by atoms with Crippen molar-refractivity contribution in [3.63, 3.8) is 0 Å². The zero-order valence-electron chi connectivity index (χ0n) is 10.6. The molecule has 0 heterocycles. The first-order chi connectivity index (χ1) is 8.54. The first-order valence-corrected chi connectivity index (χ1v) is 5.92. The van der Waals surface area contributed by atoms with Crippen molar-refractivity contribution in [3.05, 3.63) is 29.8 Å². The second-order valence-corrected chi connectivity index (χ2v) is 4.04. The number of anilines is 1. The summed E-state index contributed by atoms with van der Waals surface area (Å²) in [6.07, 6.45) is 0.875. The second kappa shape index (κ2) is 6.64. The molecule has 0 aliphatic heterocycles. The van der Waals surface area contributed by atoms with Crippen LogP contribution < -0.4 is 10.6 Å². The van der Waals surface area contributed by atoms with Crippen LogP contribution in [-0.2, 0) is 4.79 Å². The topological polar surface area (TPSA) is 78.4 Å². The fraction of sp³-hybridized carbons (Fsp3) is 0.385. The van der Waals surface area contributed by atoms with E-state index in [1.165, 1.54) is 0 Å². The lowest BCUT2D eigenvalue weighted by Gasteiger charge is -2.11. The number of carboxylic acid groups (broad SMARTS) is 1. The zero-order valence-corrected chi connectivity index (χ0v) is 10.6. The molecule has 18 heavy (non-hydrogen) atoms. The SMILES string of the molecule is CCCNC(=O)c1cccc(NC(C)C(=O)O)c1. The number of hydrogen-bond acceptors (Lipinski definition) is 3. The zero-order chi connectivity index (χ0) is 13.5. The number of amides is 1. The predicted molar refractivity (Wildman–Crippen MR) is 69.8 cm³/mol. The van der Waals surface area contributed by atoms with Crippen LogP contribution in [0.4, 0.5) is 5.69 Å². The molecule has 5 heteroatoms. The van der Waals surface area contributed by atoms with E-state index < -0.39 is 12.0 Å². The van der Waals surface area contributed by atoms with E-state index in [1.807, 2.05) is 6.92 Å². The fourth-order valence-corrected chi connectivity index (χ4v) is 1.40. The predicted octanol–water partition coefficient (Wildman–Crippen LogP) is 1.71. The van der Waals surface area contributed by atoms with Gasteiger partial charge in [0.15, 0.2) is 0 Å². The molecule has 0 aromatic heterocycles. The Bertz CT molecular complexity index is 432. The summed E-state index contributed by atoms with van der Waals surface area (Å²) in [4.78, 5) is 22.4. The minimum atomic E-state index is -0.934. The molecule has 1 amide bonds. The highest BCUT2D eigenvalue weighted by Gasteiger charge is 2.11. The standard InChI is InChI=1S/C13H18N2O3/c1-3-7-14-12(16)10-5-4-6-11(8-10)15-9(2)13(17)18/h4-6,8-9,15H,3,7H2,1-2H3,(H,14,16)(H,17,18). The molecule has 1 aromatic carbocycles. The first-order valence-electron chi connectivity index (χ1n) is 5.92. The summed E-state index contributed by atoms with van der Waals surface area (Å²) >= 11 is 0. The number of carbonyl (C=O) groups excluding carboxylic acids is 1. The van der Waals surface area contributed by atoms with Gasteiger partial charge in [0.2, 0.25) is 0 Å². The maximum atomic E-state index is 11.7. The van der Waals surface area contributed by atoms with Crippen molar-refractivity contribution >= 4 is 17.6 Å². The molecule has 0 saturated carbocycles. The summed E-state index contributed by atoms with van der Waals surface area (Å²) in [7, 11) is 0. The van der Waals surface area contributed by atoms with Crippen molar-refractivity contribution < 1.29 is 14.7 Å². The van der Waals surface area contributed by atoms with Crippen LogP contribution in [0, 0.1) is 0 Å². The molecule has 0 aliphatic carbocycles. The number of benzene rings is 1. The molecule has 0 bridgehead atoms. The molecule has 98 valence electrons. The maximum absolute atomic E-state index is 11.7. The Labute approximate surface area is 106 Å². The van der Waals surface area contributed by atoms with Crippen LogP contribution in [0.5, 0.6) is 0 Å². The average molecular weight is 250 g/mol. The van der Waals surface area contributed by atoms with Gasteiger partial charge >= 0.3 is 5.97 Å². The van der Waals surface area contributed by atoms with Crippen LogP contribution in [0.1, 0.15) is 30.6 Å². The Balaban J connectivity index is 2.73. The highest BCUT2D eigenvalue weighted by atomic mass is 16.4. The third kappa shape index (κ3) is 4.08. The molecule has 1 atom stereocenters. The Kier molecular flexibility index (Phi) is 5.17. The Morgan fingerprint density at radius 1 is 1.39 bits per heavy atom. The second-order valence-electron chi connectivity index (χ2n) is 4.04. The van der Waals surface area contributed by atoms with Gasteiger partial charge in [0.25, 0.3) is 5.91 Å². The lowest BCUT2D eigenvalue weighted by atomic mass is 10.1. The summed E-state index contributed by atoms with van der Waals surface area (Å²) in [6, 6.07) is 6.10. The molecule has 0 fully saturated rings. The fourth-order valence-electron chi connectivity index (χ4n) is 1.40. The van der Waals surface area contributed by atoms with E-state index in [-0.39, 0.29) is 5.91 Å². The minimum absolute atomic E-state index is 0.150. The molecule has 0 saturated heterocycles. The van der Waals surface area contributed by atoms with Crippen molar-refractivity contribution in [1.29, 1.82) is 0 Å². The lowest BCUT2D eigenvalue weighted by Crippen LogP contribution is -2.26. The van der Waals surface area contributed by atoms with Crippen LogP contribution in [0.25, 0.3) is 0 Å². The number of rotatable bonds is 6.